The summed E-state index contributed by atoms with van der Waals surface area (Å²) in [5.41, 5.74) is 1.77. The van der Waals surface area contributed by atoms with Gasteiger partial charge in [-0.1, -0.05) is 0 Å². The summed E-state index contributed by atoms with van der Waals surface area (Å²) < 4.78 is 5.43. The molecule has 0 radical (unpaired) electrons. The van der Waals surface area contributed by atoms with Crippen molar-refractivity contribution in [1.29, 1.82) is 0 Å². The molecule has 0 bridgehead atoms. The summed E-state index contributed by atoms with van der Waals surface area (Å²) in [6, 6.07) is 5.69. The van der Waals surface area contributed by atoms with Crippen LogP contribution in [-0.4, -0.2) is 59.6 Å². The number of ether oxygens (including phenoxy) is 1. The molecule has 9 heteroatoms. The molecule has 2 amide bonds. The van der Waals surface area contributed by atoms with Crippen molar-refractivity contribution in [2.75, 3.05) is 42.8 Å². The Bertz CT molecular complexity index is 874. The molecule has 1 atom stereocenters. The van der Waals surface area contributed by atoms with Crippen LogP contribution in [0.2, 0.25) is 0 Å². The minimum atomic E-state index is -0.277. The van der Waals surface area contributed by atoms with Gasteiger partial charge in [-0.05, 0) is 46.1 Å². The van der Waals surface area contributed by atoms with E-state index in [1.165, 1.54) is 0 Å². The normalized spacial score (nSPS) is 17.0. The molecule has 3 heterocycles. The molecule has 30 heavy (non-hydrogen) atoms. The van der Waals surface area contributed by atoms with Gasteiger partial charge >= 0.3 is 6.03 Å². The first kappa shape index (κ1) is 22.3. The molecule has 2 aromatic heterocycles. The number of thioether (sulfide) groups is 1. The van der Waals surface area contributed by atoms with Crippen LogP contribution in [0.5, 0.6) is 0 Å². The monoisotopic (exact) mass is 430 g/mol. The highest BCUT2D eigenvalue weighted by molar-refractivity contribution is 7.99. The van der Waals surface area contributed by atoms with Crippen LogP contribution in [0, 0.1) is 0 Å². The number of anilines is 2. The number of pyridine rings is 1. The quantitative estimate of drug-likeness (QED) is 0.724. The second-order valence-electron chi connectivity index (χ2n) is 7.68. The van der Waals surface area contributed by atoms with Gasteiger partial charge in [0, 0.05) is 30.9 Å². The van der Waals surface area contributed by atoms with Crippen molar-refractivity contribution < 1.29 is 9.53 Å². The number of carbonyl (C=O) groups is 1. The molecule has 162 valence electrons. The minimum absolute atomic E-state index is 0.158. The Kier molecular flexibility index (Phi) is 7.14. The van der Waals surface area contributed by atoms with Gasteiger partial charge in [0.1, 0.15) is 11.6 Å². The molecule has 1 fully saturated rings. The highest BCUT2D eigenvalue weighted by Crippen LogP contribution is 2.35. The number of morpholine rings is 1. The first-order chi connectivity index (χ1) is 14.3. The minimum Gasteiger partial charge on any atom is -0.377 e. The second-order valence-corrected chi connectivity index (χ2v) is 9.11. The van der Waals surface area contributed by atoms with Crippen molar-refractivity contribution in [3.63, 3.8) is 0 Å². The smallest absolute Gasteiger partial charge is 0.320 e. The van der Waals surface area contributed by atoms with Crippen LogP contribution in [-0.2, 0) is 9.48 Å². The Labute approximate surface area is 182 Å². The fraction of sp³-hybridized carbons (Fsp3) is 0.524. The largest absolute Gasteiger partial charge is 0.377 e. The van der Waals surface area contributed by atoms with E-state index in [4.69, 9.17) is 14.7 Å². The number of nitrogens with one attached hydrogen (secondary N) is 2. The summed E-state index contributed by atoms with van der Waals surface area (Å²) in [6.45, 7) is 11.0. The van der Waals surface area contributed by atoms with Crippen LogP contribution in [0.15, 0.2) is 24.4 Å². The van der Waals surface area contributed by atoms with Crippen LogP contribution < -0.4 is 15.5 Å². The molecule has 0 unspecified atom stereocenters. The van der Waals surface area contributed by atoms with Crippen LogP contribution >= 0.6 is 11.8 Å². The van der Waals surface area contributed by atoms with Gasteiger partial charge in [0.15, 0.2) is 5.82 Å². The molecule has 0 aliphatic carbocycles. The van der Waals surface area contributed by atoms with E-state index in [1.54, 1.807) is 24.0 Å². The Balaban J connectivity index is 1.96. The third-order valence-electron chi connectivity index (χ3n) is 5.10. The van der Waals surface area contributed by atoms with Crippen LogP contribution in [0.1, 0.15) is 33.4 Å². The van der Waals surface area contributed by atoms with Crippen molar-refractivity contribution in [1.82, 2.24) is 20.3 Å². The van der Waals surface area contributed by atoms with E-state index in [2.05, 4.69) is 53.6 Å². The van der Waals surface area contributed by atoms with Gasteiger partial charge in [-0.25, -0.2) is 19.7 Å². The number of rotatable bonds is 6. The zero-order valence-electron chi connectivity index (χ0n) is 18.2. The molecule has 2 N–H and O–H groups in total. The average molecular weight is 431 g/mol. The number of amides is 2. The Morgan fingerprint density at radius 1 is 1.37 bits per heavy atom. The van der Waals surface area contributed by atoms with E-state index >= 15 is 0 Å². The molecule has 3 rings (SSSR count). The number of hydrogen-bond acceptors (Lipinski definition) is 7. The third-order valence-corrected chi connectivity index (χ3v) is 6.33. The summed E-state index contributed by atoms with van der Waals surface area (Å²) >= 11 is 1.75. The second kappa shape index (κ2) is 9.61. The van der Waals surface area contributed by atoms with Gasteiger partial charge in [-0.2, -0.15) is 11.8 Å². The highest BCUT2D eigenvalue weighted by Gasteiger charge is 2.27. The average Bonchev–Trinajstić information content (AvgIpc) is 2.74. The summed E-state index contributed by atoms with van der Waals surface area (Å²) in [4.78, 5) is 28.0. The van der Waals surface area contributed by atoms with Crippen molar-refractivity contribution in [3.8, 4) is 11.4 Å². The predicted molar refractivity (Wildman–Crippen MR) is 122 cm³/mol. The van der Waals surface area contributed by atoms with Crippen molar-refractivity contribution in [2.24, 2.45) is 0 Å². The molecule has 1 aliphatic heterocycles. The Morgan fingerprint density at radius 2 is 2.17 bits per heavy atom. The maximum absolute atomic E-state index is 11.7. The first-order valence-corrected chi connectivity index (χ1v) is 11.4. The lowest BCUT2D eigenvalue weighted by Gasteiger charge is -2.35. The molecule has 0 spiro atoms. The van der Waals surface area contributed by atoms with Gasteiger partial charge in [0.05, 0.1) is 29.7 Å². The predicted octanol–water partition coefficient (Wildman–Crippen LogP) is 3.50. The maximum Gasteiger partial charge on any atom is 0.320 e. The number of aromatic nitrogens is 3. The van der Waals surface area contributed by atoms with Crippen LogP contribution in [0.4, 0.5) is 16.4 Å². The number of nitrogens with zero attached hydrogens (tertiary/aromatic N) is 4. The molecular weight excluding hydrogens is 400 g/mol. The Hall–Kier alpha value is -2.39. The summed E-state index contributed by atoms with van der Waals surface area (Å²) in [5, 5.41) is 5.39. The van der Waals surface area contributed by atoms with E-state index in [-0.39, 0.29) is 16.8 Å². The van der Waals surface area contributed by atoms with Gasteiger partial charge in [-0.3, -0.25) is 5.32 Å². The van der Waals surface area contributed by atoms with E-state index in [1.807, 2.05) is 13.0 Å². The standard InChI is InChI=1S/C21H30N6O2S/c1-6-22-20(28)25-17-8-7-15(12-23-17)19-24-16(21(3,4)30-5)11-18(26-19)27-9-10-29-13-14(27)2/h7-8,11-12,14H,6,9-10,13H2,1-5H3,(H2,22,23,25,28)/t14-/m0/s1. The lowest BCUT2D eigenvalue weighted by atomic mass is 10.1. The molecule has 2 aromatic rings. The summed E-state index contributed by atoms with van der Waals surface area (Å²) in [7, 11) is 0. The number of hydrogen-bond donors (Lipinski definition) is 2. The zero-order valence-corrected chi connectivity index (χ0v) is 19.0. The topological polar surface area (TPSA) is 92.3 Å². The zero-order chi connectivity index (χ0) is 21.7. The molecule has 8 nitrogen and oxygen atoms in total. The molecular formula is C21H30N6O2S. The van der Waals surface area contributed by atoms with Crippen molar-refractivity contribution in [2.45, 2.75) is 38.5 Å². The van der Waals surface area contributed by atoms with Crippen molar-refractivity contribution in [3.05, 3.63) is 30.1 Å². The van der Waals surface area contributed by atoms with E-state index in [9.17, 15) is 4.79 Å². The number of urea groups is 1. The van der Waals surface area contributed by atoms with E-state index in [0.717, 1.165) is 23.6 Å². The maximum atomic E-state index is 11.7. The summed E-state index contributed by atoms with van der Waals surface area (Å²) in [5.74, 6) is 2.00. The van der Waals surface area contributed by atoms with E-state index < -0.39 is 0 Å². The molecule has 0 saturated carbocycles. The molecule has 0 aromatic carbocycles. The van der Waals surface area contributed by atoms with Crippen LogP contribution in [0.25, 0.3) is 11.4 Å². The summed E-state index contributed by atoms with van der Waals surface area (Å²) in [6.07, 6.45) is 3.78. The number of carbonyl (C=O) groups excluding carboxylic acids is 1. The van der Waals surface area contributed by atoms with Gasteiger partial charge in [-0.15, -0.1) is 0 Å². The lowest BCUT2D eigenvalue weighted by molar-refractivity contribution is 0.0985. The Morgan fingerprint density at radius 3 is 2.80 bits per heavy atom. The third kappa shape index (κ3) is 5.20. The van der Waals surface area contributed by atoms with Gasteiger partial charge in [0.2, 0.25) is 0 Å². The molecule has 1 saturated heterocycles. The van der Waals surface area contributed by atoms with Crippen LogP contribution in [0.3, 0.4) is 0 Å². The fourth-order valence-electron chi connectivity index (χ4n) is 3.11. The van der Waals surface area contributed by atoms with E-state index in [0.29, 0.717) is 31.4 Å². The SMILES string of the molecule is CCNC(=O)Nc1ccc(-c2nc(N3CCOC[C@@H]3C)cc(C(C)(C)SC)n2)cn1. The highest BCUT2D eigenvalue weighted by atomic mass is 32.2. The van der Waals surface area contributed by atoms with Gasteiger partial charge < -0.3 is 15.0 Å². The molecule has 1 aliphatic rings. The first-order valence-electron chi connectivity index (χ1n) is 10.1. The lowest BCUT2D eigenvalue weighted by Crippen LogP contribution is -2.44. The fourth-order valence-corrected chi connectivity index (χ4v) is 3.43. The van der Waals surface area contributed by atoms with Crippen molar-refractivity contribution >= 4 is 29.4 Å². The van der Waals surface area contributed by atoms with Gasteiger partial charge in [0.25, 0.3) is 0 Å².